The van der Waals surface area contributed by atoms with Gasteiger partial charge in [-0.2, -0.15) is 8.42 Å². The van der Waals surface area contributed by atoms with Crippen LogP contribution in [0, 0.1) is 0 Å². The van der Waals surface area contributed by atoms with Gasteiger partial charge in [-0.25, -0.2) is 8.37 Å². The standard InChI is InChI=1S/C8H13NO8S/c1-4(11)9-5(2-10)7(13)8-6(12)3-16-18(14,15)17-8/h2,5-8,12-13H,3H2,1H3,(H,9,11)/t5-,6+,7+,8-/m0/s1. The molecule has 9 nitrogen and oxygen atoms in total. The van der Waals surface area contributed by atoms with Crippen LogP contribution in [0.2, 0.25) is 0 Å². The van der Waals surface area contributed by atoms with E-state index in [9.17, 15) is 28.2 Å². The van der Waals surface area contributed by atoms with Gasteiger partial charge in [-0.05, 0) is 0 Å². The molecule has 0 aromatic heterocycles. The minimum Gasteiger partial charge on any atom is -0.388 e. The van der Waals surface area contributed by atoms with E-state index in [-0.39, 0.29) is 6.29 Å². The fourth-order valence-electron chi connectivity index (χ4n) is 1.40. The number of carbonyl (C=O) groups is 2. The zero-order valence-electron chi connectivity index (χ0n) is 9.35. The summed E-state index contributed by atoms with van der Waals surface area (Å²) in [6, 6.07) is -1.39. The first kappa shape index (κ1) is 15.0. The van der Waals surface area contributed by atoms with Gasteiger partial charge in [-0.1, -0.05) is 0 Å². The molecule has 1 aliphatic rings. The molecule has 3 N–H and O–H groups in total. The summed E-state index contributed by atoms with van der Waals surface area (Å²) in [5, 5.41) is 21.3. The second-order valence-electron chi connectivity index (χ2n) is 3.67. The number of hydrogen-bond donors (Lipinski definition) is 3. The van der Waals surface area contributed by atoms with Gasteiger partial charge in [-0.15, -0.1) is 0 Å². The molecule has 1 saturated heterocycles. The lowest BCUT2D eigenvalue weighted by Gasteiger charge is -2.32. The summed E-state index contributed by atoms with van der Waals surface area (Å²) in [5.74, 6) is -0.601. The lowest BCUT2D eigenvalue weighted by atomic mass is 10.0. The first-order valence-corrected chi connectivity index (χ1v) is 6.26. The maximum Gasteiger partial charge on any atom is 0.400 e. The number of hydrogen-bond acceptors (Lipinski definition) is 8. The number of aliphatic hydroxyl groups is 2. The molecular weight excluding hydrogens is 270 g/mol. The van der Waals surface area contributed by atoms with E-state index >= 15 is 0 Å². The summed E-state index contributed by atoms with van der Waals surface area (Å²) in [6.45, 7) is 0.511. The van der Waals surface area contributed by atoms with E-state index in [1.807, 2.05) is 0 Å². The number of nitrogens with one attached hydrogen (secondary N) is 1. The van der Waals surface area contributed by atoms with E-state index in [0.717, 1.165) is 6.92 Å². The first-order chi connectivity index (χ1) is 8.26. The molecule has 0 aromatic rings. The lowest BCUT2D eigenvalue weighted by molar-refractivity contribution is -0.130. The van der Waals surface area contributed by atoms with E-state index in [0.29, 0.717) is 0 Å². The highest BCUT2D eigenvalue weighted by Gasteiger charge is 2.42. The molecule has 1 aliphatic heterocycles. The molecule has 10 heteroatoms. The molecule has 0 unspecified atom stereocenters. The maximum atomic E-state index is 11.0. The number of carbonyl (C=O) groups excluding carboxylic acids is 2. The van der Waals surface area contributed by atoms with Crippen molar-refractivity contribution in [2.24, 2.45) is 0 Å². The molecule has 1 fully saturated rings. The summed E-state index contributed by atoms with van der Waals surface area (Å²) in [7, 11) is -4.33. The Hall–Kier alpha value is -1.07. The summed E-state index contributed by atoms with van der Waals surface area (Å²) in [6.07, 6.45) is -4.55. The average molecular weight is 283 g/mol. The summed E-state index contributed by atoms with van der Waals surface area (Å²) in [5.41, 5.74) is 0. The molecule has 0 radical (unpaired) electrons. The zero-order chi connectivity index (χ0) is 13.9. The van der Waals surface area contributed by atoms with Crippen LogP contribution in [0.1, 0.15) is 6.92 Å². The quantitative estimate of drug-likeness (QED) is 0.466. The molecular formula is C8H13NO8S. The largest absolute Gasteiger partial charge is 0.400 e. The van der Waals surface area contributed by atoms with Crippen LogP contribution < -0.4 is 5.32 Å². The van der Waals surface area contributed by atoms with Crippen LogP contribution >= 0.6 is 0 Å². The fraction of sp³-hybridized carbons (Fsp3) is 0.750. The van der Waals surface area contributed by atoms with Crippen molar-refractivity contribution in [1.82, 2.24) is 5.32 Å². The molecule has 0 saturated carbocycles. The van der Waals surface area contributed by atoms with Crippen molar-refractivity contribution < 1.29 is 36.6 Å². The van der Waals surface area contributed by atoms with Crippen LogP contribution in [0.5, 0.6) is 0 Å². The van der Waals surface area contributed by atoms with Crippen LogP contribution in [0.4, 0.5) is 0 Å². The van der Waals surface area contributed by atoms with Gasteiger partial charge in [0.05, 0.1) is 6.61 Å². The minimum atomic E-state index is -4.33. The van der Waals surface area contributed by atoms with Gasteiger partial charge in [0.15, 0.2) is 0 Å². The smallest absolute Gasteiger partial charge is 0.388 e. The lowest BCUT2D eigenvalue weighted by Crippen LogP contribution is -2.56. The Morgan fingerprint density at radius 3 is 2.67 bits per heavy atom. The Kier molecular flexibility index (Phi) is 4.76. The van der Waals surface area contributed by atoms with E-state index in [1.165, 1.54) is 0 Å². The Labute approximate surface area is 103 Å². The molecule has 4 atom stereocenters. The van der Waals surface area contributed by atoms with Crippen molar-refractivity contribution in [3.05, 3.63) is 0 Å². The number of rotatable bonds is 4. The zero-order valence-corrected chi connectivity index (χ0v) is 10.2. The third kappa shape index (κ3) is 3.71. The van der Waals surface area contributed by atoms with Crippen molar-refractivity contribution in [2.75, 3.05) is 6.61 Å². The monoisotopic (exact) mass is 283 g/mol. The van der Waals surface area contributed by atoms with Gasteiger partial charge in [0, 0.05) is 6.92 Å². The topological polar surface area (TPSA) is 139 Å². The summed E-state index contributed by atoms with van der Waals surface area (Å²) < 4.78 is 30.5. The second kappa shape index (κ2) is 5.71. The Morgan fingerprint density at radius 2 is 2.17 bits per heavy atom. The normalized spacial score (nSPS) is 30.2. The molecule has 0 aromatic carbocycles. The highest BCUT2D eigenvalue weighted by Crippen LogP contribution is 2.18. The van der Waals surface area contributed by atoms with Gasteiger partial charge in [-0.3, -0.25) is 4.79 Å². The maximum absolute atomic E-state index is 11.0. The van der Waals surface area contributed by atoms with Crippen LogP contribution in [-0.2, 0) is 28.4 Å². The highest BCUT2D eigenvalue weighted by molar-refractivity contribution is 7.81. The van der Waals surface area contributed by atoms with Gasteiger partial charge in [0.2, 0.25) is 5.91 Å². The molecule has 0 bridgehead atoms. The van der Waals surface area contributed by atoms with E-state index in [4.69, 9.17) is 0 Å². The highest BCUT2D eigenvalue weighted by atomic mass is 32.3. The predicted octanol–water partition coefficient (Wildman–Crippen LogP) is -2.93. The molecule has 0 spiro atoms. The van der Waals surface area contributed by atoms with Crippen molar-refractivity contribution in [3.63, 3.8) is 0 Å². The van der Waals surface area contributed by atoms with E-state index < -0.39 is 47.3 Å². The van der Waals surface area contributed by atoms with Crippen molar-refractivity contribution >= 4 is 22.6 Å². The number of aldehydes is 1. The van der Waals surface area contributed by atoms with Crippen LogP contribution in [0.3, 0.4) is 0 Å². The van der Waals surface area contributed by atoms with E-state index in [2.05, 4.69) is 13.7 Å². The molecule has 1 amide bonds. The SMILES string of the molecule is CC(=O)N[C@@H](C=O)[C@@H](O)[C@H]1OS(=O)(=O)OC[C@H]1O. The van der Waals surface area contributed by atoms with Gasteiger partial charge in [0.25, 0.3) is 0 Å². The van der Waals surface area contributed by atoms with Crippen molar-refractivity contribution in [3.8, 4) is 0 Å². The van der Waals surface area contributed by atoms with Crippen LogP contribution in [0.25, 0.3) is 0 Å². The van der Waals surface area contributed by atoms with Crippen LogP contribution in [0.15, 0.2) is 0 Å². The molecule has 1 rings (SSSR count). The minimum absolute atomic E-state index is 0.213. The van der Waals surface area contributed by atoms with Gasteiger partial charge >= 0.3 is 10.4 Å². The third-order valence-corrected chi connectivity index (χ3v) is 3.10. The Balaban J connectivity index is 2.82. The summed E-state index contributed by atoms with van der Waals surface area (Å²) in [4.78, 5) is 21.5. The predicted molar refractivity (Wildman–Crippen MR) is 55.4 cm³/mol. The molecule has 18 heavy (non-hydrogen) atoms. The third-order valence-electron chi connectivity index (χ3n) is 2.21. The number of aliphatic hydroxyl groups excluding tert-OH is 2. The molecule has 0 aliphatic carbocycles. The fourth-order valence-corrected chi connectivity index (χ4v) is 2.28. The average Bonchev–Trinajstić information content (AvgIpc) is 2.28. The van der Waals surface area contributed by atoms with Crippen molar-refractivity contribution in [2.45, 2.75) is 31.3 Å². The Bertz CT molecular complexity index is 421. The molecule has 104 valence electrons. The first-order valence-electron chi connectivity index (χ1n) is 4.93. The van der Waals surface area contributed by atoms with E-state index in [1.54, 1.807) is 0 Å². The summed E-state index contributed by atoms with van der Waals surface area (Å²) >= 11 is 0. The van der Waals surface area contributed by atoms with Gasteiger partial charge in [0.1, 0.15) is 30.6 Å². The Morgan fingerprint density at radius 1 is 1.56 bits per heavy atom. The van der Waals surface area contributed by atoms with Crippen molar-refractivity contribution in [1.29, 1.82) is 0 Å². The van der Waals surface area contributed by atoms with Crippen LogP contribution in [-0.4, -0.2) is 61.8 Å². The second-order valence-corrected chi connectivity index (χ2v) is 4.92. The van der Waals surface area contributed by atoms with Gasteiger partial charge < -0.3 is 20.3 Å². The number of amides is 1. The molecule has 1 heterocycles.